The van der Waals surface area contributed by atoms with Gasteiger partial charge in [-0.15, -0.1) is 0 Å². The highest BCUT2D eigenvalue weighted by molar-refractivity contribution is 6.41. The molecule has 1 amide bonds. The Morgan fingerprint density at radius 2 is 1.76 bits per heavy atom. The van der Waals surface area contributed by atoms with Crippen molar-refractivity contribution in [2.24, 2.45) is 11.7 Å². The van der Waals surface area contributed by atoms with Crippen LogP contribution in [0.2, 0.25) is 15.1 Å². The highest BCUT2D eigenvalue weighted by Crippen LogP contribution is 2.40. The number of hydrogen-bond acceptors (Lipinski definition) is 7. The minimum atomic E-state index is -0.418. The molecule has 2 fully saturated rings. The van der Waals surface area contributed by atoms with Crippen LogP contribution in [-0.4, -0.2) is 49.7 Å². The molecule has 0 bridgehead atoms. The Kier molecular flexibility index (Phi) is 7.68. The average Bonchev–Trinajstić information content (AvgIpc) is 3.23. The molecule has 9 nitrogen and oxygen atoms in total. The lowest BCUT2D eigenvalue weighted by molar-refractivity contribution is -0.122. The molecule has 0 radical (unpaired) electrons. The summed E-state index contributed by atoms with van der Waals surface area (Å²) in [5.41, 5.74) is 7.34. The average molecular weight is 567 g/mol. The number of imidazole rings is 1. The van der Waals surface area contributed by atoms with Crippen molar-refractivity contribution >= 4 is 69.5 Å². The van der Waals surface area contributed by atoms with E-state index in [1.54, 1.807) is 18.3 Å². The minimum absolute atomic E-state index is 0.0290. The molecule has 0 spiro atoms. The molecule has 3 aromatic rings. The van der Waals surface area contributed by atoms with Crippen molar-refractivity contribution in [3.05, 3.63) is 33.4 Å². The zero-order valence-corrected chi connectivity index (χ0v) is 22.8. The maximum absolute atomic E-state index is 11.8. The van der Waals surface area contributed by atoms with E-state index in [2.05, 4.69) is 10.3 Å². The quantitative estimate of drug-likeness (QED) is 0.361. The van der Waals surface area contributed by atoms with Crippen LogP contribution in [0.4, 0.5) is 17.6 Å². The van der Waals surface area contributed by atoms with Crippen molar-refractivity contribution in [3.63, 3.8) is 0 Å². The van der Waals surface area contributed by atoms with Crippen LogP contribution in [0, 0.1) is 5.92 Å². The number of aliphatic hydroxyl groups excluding tert-OH is 1. The maximum atomic E-state index is 11.8. The molecule has 2 aliphatic carbocycles. The van der Waals surface area contributed by atoms with Crippen molar-refractivity contribution in [1.29, 1.82) is 0 Å². The van der Waals surface area contributed by atoms with E-state index >= 15 is 0 Å². The highest BCUT2D eigenvalue weighted by Gasteiger charge is 2.31. The Bertz CT molecular complexity index is 1290. The zero-order valence-electron chi connectivity index (χ0n) is 20.5. The second-order valence-corrected chi connectivity index (χ2v) is 11.2. The van der Waals surface area contributed by atoms with Gasteiger partial charge >= 0.3 is 0 Å². The number of halogens is 3. The van der Waals surface area contributed by atoms with Crippen LogP contribution in [0.5, 0.6) is 0 Å². The van der Waals surface area contributed by atoms with Crippen molar-refractivity contribution in [2.75, 3.05) is 17.3 Å². The molecule has 12 heteroatoms. The molecule has 0 saturated heterocycles. The predicted octanol–water partition coefficient (Wildman–Crippen LogP) is 5.49. The van der Waals surface area contributed by atoms with E-state index in [9.17, 15) is 9.90 Å². The zero-order chi connectivity index (χ0) is 26.3. The lowest BCUT2D eigenvalue weighted by atomic mass is 9.85. The lowest BCUT2D eigenvalue weighted by Crippen LogP contribution is -2.44. The van der Waals surface area contributed by atoms with E-state index in [4.69, 9.17) is 50.5 Å². The summed E-state index contributed by atoms with van der Waals surface area (Å²) < 4.78 is 2.05. The Balaban J connectivity index is 1.56. The van der Waals surface area contributed by atoms with Crippen LogP contribution in [0.3, 0.4) is 0 Å². The molecular weight excluding hydrogens is 537 g/mol. The summed E-state index contributed by atoms with van der Waals surface area (Å²) in [5.74, 6) is 0.658. The standard InChI is InChI=1S/C25H30Cl3N7O2/c1-34(19-4-2-3-5-20(19)36)24-30-12-18-23(33-24)35(15-8-6-13(7-9-15)22(29)37)25(31-18)32-21-16(27)10-14(26)11-17(21)28/h10-13,15,19-20,36H,2-9H2,1H3,(H2,29,37)(H,31,32)/t13?,15?,19-,20-/m0/s1. The summed E-state index contributed by atoms with van der Waals surface area (Å²) in [7, 11) is 1.92. The molecule has 0 aliphatic heterocycles. The summed E-state index contributed by atoms with van der Waals surface area (Å²) in [6, 6.07) is 3.22. The van der Waals surface area contributed by atoms with Gasteiger partial charge in [0.25, 0.3) is 0 Å². The lowest BCUT2D eigenvalue weighted by Gasteiger charge is -2.35. The molecular formula is C25H30Cl3N7O2. The first kappa shape index (κ1) is 26.3. The van der Waals surface area contributed by atoms with Crippen LogP contribution in [-0.2, 0) is 4.79 Å². The number of fused-ring (bicyclic) bond motifs is 1. The number of benzene rings is 1. The fourth-order valence-corrected chi connectivity index (χ4v) is 6.48. The summed E-state index contributed by atoms with van der Waals surface area (Å²) in [6.45, 7) is 0. The molecule has 2 aromatic heterocycles. The number of nitrogens with two attached hydrogens (primary N) is 1. The topological polar surface area (TPSA) is 122 Å². The molecule has 4 N–H and O–H groups in total. The maximum Gasteiger partial charge on any atom is 0.227 e. The van der Waals surface area contributed by atoms with Gasteiger partial charge in [-0.2, -0.15) is 4.98 Å². The van der Waals surface area contributed by atoms with Crippen molar-refractivity contribution in [2.45, 2.75) is 69.6 Å². The first-order valence-corrected chi connectivity index (χ1v) is 13.7. The van der Waals surface area contributed by atoms with E-state index in [0.717, 1.165) is 38.5 Å². The first-order valence-electron chi connectivity index (χ1n) is 12.6. The number of amides is 1. The smallest absolute Gasteiger partial charge is 0.227 e. The van der Waals surface area contributed by atoms with Crippen LogP contribution < -0.4 is 16.0 Å². The molecule has 2 atom stereocenters. The third kappa shape index (κ3) is 5.32. The van der Waals surface area contributed by atoms with E-state index < -0.39 is 6.10 Å². The van der Waals surface area contributed by atoms with Gasteiger partial charge in [-0.05, 0) is 50.7 Å². The first-order chi connectivity index (χ1) is 17.7. The summed E-state index contributed by atoms with van der Waals surface area (Å²) in [5, 5.41) is 15.0. The molecule has 0 unspecified atom stereocenters. The van der Waals surface area contributed by atoms with Crippen molar-refractivity contribution in [3.8, 4) is 0 Å². The predicted molar refractivity (Wildman–Crippen MR) is 147 cm³/mol. The second-order valence-electron chi connectivity index (χ2n) is 9.99. The Hall–Kier alpha value is -2.33. The molecule has 37 heavy (non-hydrogen) atoms. The third-order valence-electron chi connectivity index (χ3n) is 7.63. The van der Waals surface area contributed by atoms with Crippen LogP contribution in [0.1, 0.15) is 57.4 Å². The van der Waals surface area contributed by atoms with Gasteiger partial charge in [0.15, 0.2) is 5.65 Å². The molecule has 5 rings (SSSR count). The van der Waals surface area contributed by atoms with Gasteiger partial charge in [0.2, 0.25) is 17.8 Å². The molecule has 2 heterocycles. The number of aromatic nitrogens is 4. The number of likely N-dealkylation sites (N-methyl/N-ethyl adjacent to an activating group) is 1. The number of carbonyl (C=O) groups excluding carboxylic acids is 1. The number of rotatable bonds is 6. The van der Waals surface area contributed by atoms with Gasteiger partial charge in [-0.3, -0.25) is 9.36 Å². The second kappa shape index (κ2) is 10.8. The third-order valence-corrected chi connectivity index (χ3v) is 8.45. The highest BCUT2D eigenvalue weighted by atomic mass is 35.5. The van der Waals surface area contributed by atoms with Gasteiger partial charge in [-0.25, -0.2) is 9.97 Å². The number of hydrogen-bond donors (Lipinski definition) is 3. The fraction of sp³-hybridized carbons (Fsp3) is 0.520. The Labute approximate surface area is 230 Å². The van der Waals surface area contributed by atoms with Crippen LogP contribution in [0.25, 0.3) is 11.2 Å². The number of carbonyl (C=O) groups is 1. The Morgan fingerprint density at radius 3 is 2.41 bits per heavy atom. The number of nitrogens with one attached hydrogen (secondary N) is 1. The van der Waals surface area contributed by atoms with Crippen molar-refractivity contribution in [1.82, 2.24) is 19.5 Å². The fourth-order valence-electron chi connectivity index (χ4n) is 5.57. The van der Waals surface area contributed by atoms with E-state index in [0.29, 0.717) is 56.7 Å². The van der Waals surface area contributed by atoms with Gasteiger partial charge in [0.1, 0.15) is 5.52 Å². The number of nitrogens with zero attached hydrogens (tertiary/aromatic N) is 5. The van der Waals surface area contributed by atoms with Crippen LogP contribution in [0.15, 0.2) is 18.3 Å². The minimum Gasteiger partial charge on any atom is -0.391 e. The van der Waals surface area contributed by atoms with Crippen molar-refractivity contribution < 1.29 is 9.90 Å². The monoisotopic (exact) mass is 565 g/mol. The Morgan fingerprint density at radius 1 is 1.08 bits per heavy atom. The number of anilines is 3. The van der Waals surface area contributed by atoms with Gasteiger partial charge in [-0.1, -0.05) is 47.6 Å². The van der Waals surface area contributed by atoms with E-state index in [1.165, 1.54) is 0 Å². The molecule has 198 valence electrons. The summed E-state index contributed by atoms with van der Waals surface area (Å²) in [6.07, 6.45) is 7.89. The van der Waals surface area contributed by atoms with Gasteiger partial charge in [0.05, 0.1) is 34.1 Å². The molecule has 2 aliphatic rings. The summed E-state index contributed by atoms with van der Waals surface area (Å²) >= 11 is 19.0. The normalized spacial score (nSPS) is 24.2. The van der Waals surface area contributed by atoms with Gasteiger partial charge < -0.3 is 21.1 Å². The summed E-state index contributed by atoms with van der Waals surface area (Å²) in [4.78, 5) is 28.0. The SMILES string of the molecule is CN(c1ncc2nc(Nc3c(Cl)cc(Cl)cc3Cl)n(C3CCC(C(N)=O)CC3)c2n1)[C@H]1CCCC[C@@H]1O. The van der Waals surface area contributed by atoms with E-state index in [-0.39, 0.29) is 23.9 Å². The largest absolute Gasteiger partial charge is 0.391 e. The van der Waals surface area contributed by atoms with Crippen LogP contribution >= 0.6 is 34.8 Å². The van der Waals surface area contributed by atoms with E-state index in [1.807, 2.05) is 16.5 Å². The molecule has 1 aromatic carbocycles. The number of primary amides is 1. The van der Waals surface area contributed by atoms with Gasteiger partial charge in [0, 0.05) is 24.0 Å². The molecule has 2 saturated carbocycles. The number of aliphatic hydroxyl groups is 1.